The molecule has 0 unspecified atom stereocenters. The van der Waals surface area contributed by atoms with Gasteiger partial charge in [0.2, 0.25) is 0 Å². The zero-order chi connectivity index (χ0) is 28.6. The van der Waals surface area contributed by atoms with Crippen LogP contribution < -0.4 is 20.7 Å². The van der Waals surface area contributed by atoms with Crippen molar-refractivity contribution >= 4 is 17.8 Å². The standard InChI is InChI=1S/C25H31N3O4.C2HF3O2/c1-3-25(18-7-5-4-6-8-18)16-32-22-20(24(30)26-2)13-17(14-21(22)25)23(29)28-10-9-19-15-27-11-12-31-19;3-2(4,5)1(6)7/h4-8,13-14,19,27H,3,9-12,15-16H2,1-2H3,(H,26,30)(H,28,29);(H,6,7)/t19-,25+;/m0./s1. The van der Waals surface area contributed by atoms with Gasteiger partial charge in [0.1, 0.15) is 12.4 Å². The summed E-state index contributed by atoms with van der Waals surface area (Å²) in [6.45, 7) is 5.40. The number of carbonyl (C=O) groups excluding carboxylic acids is 2. The Morgan fingerprint density at radius 1 is 1.15 bits per heavy atom. The van der Waals surface area contributed by atoms with E-state index in [2.05, 4.69) is 35.0 Å². The Hall–Kier alpha value is -3.64. The van der Waals surface area contributed by atoms with Crippen LogP contribution in [0.15, 0.2) is 42.5 Å². The van der Waals surface area contributed by atoms with Crippen molar-refractivity contribution in [3.63, 3.8) is 0 Å². The third-order valence-electron chi connectivity index (χ3n) is 6.73. The monoisotopic (exact) mass is 551 g/mol. The maximum absolute atomic E-state index is 13.0. The SMILES string of the molecule is CC[C@]1(c2ccccc2)COc2c(C(=O)NC)cc(C(=O)NCC[C@H]3CNCCO3)cc21.O=C(O)C(F)(F)F. The summed E-state index contributed by atoms with van der Waals surface area (Å²) in [6, 6.07) is 13.7. The molecular formula is C27H32F3N3O6. The number of rotatable bonds is 7. The lowest BCUT2D eigenvalue weighted by Gasteiger charge is -2.27. The molecule has 9 nitrogen and oxygen atoms in total. The van der Waals surface area contributed by atoms with E-state index in [1.807, 2.05) is 24.3 Å². The molecule has 2 aliphatic rings. The van der Waals surface area contributed by atoms with Crippen LogP contribution >= 0.6 is 0 Å². The number of morpholine rings is 1. The predicted molar refractivity (Wildman–Crippen MR) is 136 cm³/mol. The lowest BCUT2D eigenvalue weighted by atomic mass is 9.73. The number of carboxylic acids is 1. The molecule has 2 aliphatic heterocycles. The van der Waals surface area contributed by atoms with E-state index in [-0.39, 0.29) is 17.9 Å². The van der Waals surface area contributed by atoms with Crippen molar-refractivity contribution in [2.24, 2.45) is 0 Å². The van der Waals surface area contributed by atoms with Gasteiger partial charge < -0.3 is 30.5 Å². The van der Waals surface area contributed by atoms with Crippen molar-refractivity contribution in [3.05, 3.63) is 64.7 Å². The van der Waals surface area contributed by atoms with Crippen molar-refractivity contribution in [1.82, 2.24) is 16.0 Å². The Balaban J connectivity index is 0.000000532. The number of benzene rings is 2. The van der Waals surface area contributed by atoms with Crippen LogP contribution in [0.5, 0.6) is 5.75 Å². The summed E-state index contributed by atoms with van der Waals surface area (Å²) < 4.78 is 43.5. The molecule has 1 saturated heterocycles. The van der Waals surface area contributed by atoms with Crippen LogP contribution in [0.25, 0.3) is 0 Å². The molecule has 2 heterocycles. The molecular weight excluding hydrogens is 519 g/mol. The van der Waals surface area contributed by atoms with E-state index in [0.717, 1.165) is 37.1 Å². The van der Waals surface area contributed by atoms with Crippen LogP contribution in [-0.2, 0) is 14.9 Å². The first kappa shape index (κ1) is 29.9. The Kier molecular flexibility index (Phi) is 9.92. The quantitative estimate of drug-likeness (QED) is 0.417. The maximum Gasteiger partial charge on any atom is 0.490 e. The minimum atomic E-state index is -5.08. The molecule has 2 amide bonds. The number of carbonyl (C=O) groups is 3. The number of halogens is 3. The molecule has 39 heavy (non-hydrogen) atoms. The lowest BCUT2D eigenvalue weighted by Crippen LogP contribution is -2.40. The lowest BCUT2D eigenvalue weighted by molar-refractivity contribution is -0.192. The van der Waals surface area contributed by atoms with Crippen LogP contribution in [0.1, 0.15) is 51.6 Å². The molecule has 212 valence electrons. The van der Waals surface area contributed by atoms with E-state index in [1.54, 1.807) is 13.1 Å². The fraction of sp³-hybridized carbons (Fsp3) is 0.444. The molecule has 0 bridgehead atoms. The van der Waals surface area contributed by atoms with Gasteiger partial charge in [0.25, 0.3) is 11.8 Å². The second kappa shape index (κ2) is 12.9. The number of amides is 2. The number of carboxylic acid groups (broad SMARTS) is 1. The third-order valence-corrected chi connectivity index (χ3v) is 6.73. The van der Waals surface area contributed by atoms with Crippen LogP contribution in [0, 0.1) is 0 Å². The van der Waals surface area contributed by atoms with Crippen molar-refractivity contribution in [3.8, 4) is 5.75 Å². The molecule has 0 aromatic heterocycles. The fourth-order valence-electron chi connectivity index (χ4n) is 4.59. The summed E-state index contributed by atoms with van der Waals surface area (Å²) >= 11 is 0. The highest BCUT2D eigenvalue weighted by Crippen LogP contribution is 2.47. The zero-order valence-corrected chi connectivity index (χ0v) is 21.7. The highest BCUT2D eigenvalue weighted by molar-refractivity contribution is 6.02. The van der Waals surface area contributed by atoms with Crippen LogP contribution in [0.2, 0.25) is 0 Å². The summed E-state index contributed by atoms with van der Waals surface area (Å²) in [4.78, 5) is 34.6. The Morgan fingerprint density at radius 2 is 1.85 bits per heavy atom. The number of hydrogen-bond acceptors (Lipinski definition) is 6. The van der Waals surface area contributed by atoms with Crippen molar-refractivity contribution < 1.29 is 42.1 Å². The molecule has 1 fully saturated rings. The molecule has 0 spiro atoms. The van der Waals surface area contributed by atoms with E-state index >= 15 is 0 Å². The highest BCUT2D eigenvalue weighted by Gasteiger charge is 2.43. The molecule has 0 aliphatic carbocycles. The van der Waals surface area contributed by atoms with E-state index in [1.165, 1.54) is 0 Å². The minimum absolute atomic E-state index is 0.102. The number of hydrogen-bond donors (Lipinski definition) is 4. The summed E-state index contributed by atoms with van der Waals surface area (Å²) in [5.41, 5.74) is 2.45. The van der Waals surface area contributed by atoms with Gasteiger partial charge in [-0.15, -0.1) is 0 Å². The fourth-order valence-corrected chi connectivity index (χ4v) is 4.59. The number of aliphatic carboxylic acids is 1. The third kappa shape index (κ3) is 7.07. The maximum atomic E-state index is 13.0. The summed E-state index contributed by atoms with van der Waals surface area (Å²) in [6.07, 6.45) is -3.46. The van der Waals surface area contributed by atoms with E-state index in [4.69, 9.17) is 19.4 Å². The number of ether oxygens (including phenoxy) is 2. The van der Waals surface area contributed by atoms with Crippen molar-refractivity contribution in [2.45, 2.75) is 37.5 Å². The molecule has 2 aromatic carbocycles. The first-order valence-electron chi connectivity index (χ1n) is 12.5. The average molecular weight is 552 g/mol. The van der Waals surface area contributed by atoms with Gasteiger partial charge in [0.05, 0.1) is 23.7 Å². The second-order valence-corrected chi connectivity index (χ2v) is 9.11. The molecule has 12 heteroatoms. The van der Waals surface area contributed by atoms with Crippen LogP contribution in [0.3, 0.4) is 0 Å². The van der Waals surface area contributed by atoms with E-state index in [0.29, 0.717) is 36.6 Å². The van der Waals surface area contributed by atoms with E-state index < -0.39 is 17.6 Å². The van der Waals surface area contributed by atoms with Crippen molar-refractivity contribution in [2.75, 3.05) is 39.9 Å². The molecule has 2 atom stereocenters. The van der Waals surface area contributed by atoms with Crippen LogP contribution in [-0.4, -0.2) is 75.1 Å². The Labute approximate surface area is 224 Å². The molecule has 2 aromatic rings. The van der Waals surface area contributed by atoms with Gasteiger partial charge in [-0.2, -0.15) is 13.2 Å². The molecule has 0 radical (unpaired) electrons. The largest absolute Gasteiger partial charge is 0.491 e. The normalized spacial score (nSPS) is 20.1. The molecule has 0 saturated carbocycles. The van der Waals surface area contributed by atoms with Gasteiger partial charge in [-0.3, -0.25) is 9.59 Å². The smallest absolute Gasteiger partial charge is 0.490 e. The van der Waals surface area contributed by atoms with Gasteiger partial charge >= 0.3 is 12.1 Å². The van der Waals surface area contributed by atoms with Crippen molar-refractivity contribution in [1.29, 1.82) is 0 Å². The van der Waals surface area contributed by atoms with Crippen LogP contribution in [0.4, 0.5) is 13.2 Å². The first-order valence-corrected chi connectivity index (χ1v) is 12.5. The Morgan fingerprint density at radius 3 is 2.41 bits per heavy atom. The Bertz CT molecular complexity index is 1170. The second-order valence-electron chi connectivity index (χ2n) is 9.11. The zero-order valence-electron chi connectivity index (χ0n) is 21.7. The first-order chi connectivity index (χ1) is 18.5. The van der Waals surface area contributed by atoms with Gasteiger partial charge in [0.15, 0.2) is 0 Å². The average Bonchev–Trinajstić information content (AvgIpc) is 3.32. The minimum Gasteiger partial charge on any atom is -0.491 e. The van der Waals surface area contributed by atoms with E-state index in [9.17, 15) is 22.8 Å². The van der Waals surface area contributed by atoms with Gasteiger partial charge in [-0.1, -0.05) is 37.3 Å². The summed E-state index contributed by atoms with van der Waals surface area (Å²) in [7, 11) is 1.58. The number of nitrogens with one attached hydrogen (secondary N) is 3. The van der Waals surface area contributed by atoms with Gasteiger partial charge in [-0.25, -0.2) is 4.79 Å². The number of alkyl halides is 3. The van der Waals surface area contributed by atoms with Gasteiger partial charge in [0, 0.05) is 37.8 Å². The molecule has 4 N–H and O–H groups in total. The molecule has 4 rings (SSSR count). The number of fused-ring (bicyclic) bond motifs is 1. The topological polar surface area (TPSA) is 126 Å². The highest BCUT2D eigenvalue weighted by atomic mass is 19.4. The van der Waals surface area contributed by atoms with Gasteiger partial charge in [-0.05, 0) is 30.5 Å². The summed E-state index contributed by atoms with van der Waals surface area (Å²) in [5, 5.41) is 16.1. The predicted octanol–water partition coefficient (Wildman–Crippen LogP) is 2.88. The summed E-state index contributed by atoms with van der Waals surface area (Å²) in [5.74, 6) is -2.66.